The summed E-state index contributed by atoms with van der Waals surface area (Å²) in [5, 5.41) is 0. The molecule has 186 valence electrons. The second-order valence-electron chi connectivity index (χ2n) is 9.33. The summed E-state index contributed by atoms with van der Waals surface area (Å²) < 4.78 is 40.9. The van der Waals surface area contributed by atoms with Crippen molar-refractivity contribution in [2.24, 2.45) is 5.73 Å². The second kappa shape index (κ2) is 11.0. The first-order chi connectivity index (χ1) is 15.7. The summed E-state index contributed by atoms with van der Waals surface area (Å²) in [5.74, 6) is -1.83. The lowest BCUT2D eigenvalue weighted by atomic mass is 9.88. The molecular formula is C25H33NO7S. The fourth-order valence-corrected chi connectivity index (χ4v) is 4.06. The van der Waals surface area contributed by atoms with Crippen LogP contribution < -0.4 is 9.92 Å². The number of ether oxygens (including phenoxy) is 2. The van der Waals surface area contributed by atoms with Gasteiger partial charge in [0.25, 0.3) is 0 Å². The van der Waals surface area contributed by atoms with E-state index in [4.69, 9.17) is 19.4 Å². The topological polar surface area (TPSA) is 122 Å². The Morgan fingerprint density at radius 2 is 1.53 bits per heavy atom. The molecule has 0 aromatic heterocycles. The highest BCUT2D eigenvalue weighted by molar-refractivity contribution is 7.87. The predicted octanol–water partition coefficient (Wildman–Crippen LogP) is 3.86. The van der Waals surface area contributed by atoms with Gasteiger partial charge in [-0.1, -0.05) is 29.8 Å². The van der Waals surface area contributed by atoms with Gasteiger partial charge in [0, 0.05) is 5.92 Å². The van der Waals surface area contributed by atoms with Crippen LogP contribution in [0.2, 0.25) is 0 Å². The molecule has 0 fully saturated rings. The van der Waals surface area contributed by atoms with Crippen LogP contribution >= 0.6 is 0 Å². The highest BCUT2D eigenvalue weighted by Gasteiger charge is 2.32. The van der Waals surface area contributed by atoms with Crippen LogP contribution in [0.25, 0.3) is 0 Å². The van der Waals surface area contributed by atoms with Crippen LogP contribution in [0, 0.1) is 6.92 Å². The average molecular weight is 492 g/mol. The minimum Gasteiger partial charge on any atom is -0.463 e. The average Bonchev–Trinajstić information content (AvgIpc) is 2.70. The fourth-order valence-electron chi connectivity index (χ4n) is 3.13. The number of hydrogen-bond donors (Lipinski definition) is 1. The summed E-state index contributed by atoms with van der Waals surface area (Å²) in [6.07, 6.45) is -0.478. The van der Waals surface area contributed by atoms with Crippen LogP contribution in [-0.4, -0.2) is 38.1 Å². The number of aryl methyl sites for hydroxylation is 1. The Morgan fingerprint density at radius 1 is 0.971 bits per heavy atom. The summed E-state index contributed by atoms with van der Waals surface area (Å²) in [5.41, 5.74) is 6.91. The van der Waals surface area contributed by atoms with Crippen molar-refractivity contribution < 1.29 is 31.7 Å². The molecule has 9 heteroatoms. The largest absolute Gasteiger partial charge is 0.463 e. The van der Waals surface area contributed by atoms with Crippen molar-refractivity contribution in [2.75, 3.05) is 0 Å². The predicted molar refractivity (Wildman–Crippen MR) is 128 cm³/mol. The molecule has 0 saturated carbocycles. The molecule has 0 saturated heterocycles. The zero-order chi connectivity index (χ0) is 25.7. The minimum atomic E-state index is -4.02. The van der Waals surface area contributed by atoms with E-state index in [-0.39, 0.29) is 23.2 Å². The lowest BCUT2D eigenvalue weighted by Crippen LogP contribution is -2.42. The van der Waals surface area contributed by atoms with Crippen molar-refractivity contribution in [1.29, 1.82) is 0 Å². The second-order valence-corrected chi connectivity index (χ2v) is 10.9. The molecule has 2 atom stereocenters. The molecule has 8 nitrogen and oxygen atoms in total. The zero-order valence-electron chi connectivity index (χ0n) is 20.4. The number of benzene rings is 2. The summed E-state index contributed by atoms with van der Waals surface area (Å²) in [7, 11) is -4.02. The van der Waals surface area contributed by atoms with Gasteiger partial charge in [0.05, 0.1) is 12.5 Å². The summed E-state index contributed by atoms with van der Waals surface area (Å²) >= 11 is 0. The lowest BCUT2D eigenvalue weighted by Gasteiger charge is -2.27. The Balaban J connectivity index is 2.27. The summed E-state index contributed by atoms with van der Waals surface area (Å²) in [6, 6.07) is 11.2. The van der Waals surface area contributed by atoms with Crippen molar-refractivity contribution >= 4 is 22.1 Å². The normalized spacial score (nSPS) is 13.8. The van der Waals surface area contributed by atoms with Crippen LogP contribution in [0.15, 0.2) is 53.4 Å². The molecule has 2 aromatic carbocycles. The molecule has 2 unspecified atom stereocenters. The molecular weight excluding hydrogens is 458 g/mol. The highest BCUT2D eigenvalue weighted by atomic mass is 32.2. The van der Waals surface area contributed by atoms with E-state index < -0.39 is 39.6 Å². The van der Waals surface area contributed by atoms with E-state index in [0.29, 0.717) is 5.56 Å². The standard InChI is InChI=1S/C25H33NO7S/c1-16(2)31-22(27)15-21(23(26)24(28)32-25(4,5)6)18-9-11-19(12-10-18)33-34(29,30)20-13-7-17(3)8-14-20/h7-14,16,21,23H,15,26H2,1-6H3. The highest BCUT2D eigenvalue weighted by Crippen LogP contribution is 2.28. The number of nitrogens with two attached hydrogens (primary N) is 1. The Bertz CT molecular complexity index is 1090. The van der Waals surface area contributed by atoms with Crippen molar-refractivity contribution in [2.45, 2.75) is 76.5 Å². The first-order valence-corrected chi connectivity index (χ1v) is 12.4. The van der Waals surface area contributed by atoms with Crippen molar-refractivity contribution in [1.82, 2.24) is 0 Å². The number of esters is 2. The van der Waals surface area contributed by atoms with E-state index in [1.165, 1.54) is 24.3 Å². The fraction of sp³-hybridized carbons (Fsp3) is 0.440. The van der Waals surface area contributed by atoms with E-state index in [0.717, 1.165) is 5.56 Å². The van der Waals surface area contributed by atoms with Crippen LogP contribution in [0.1, 0.15) is 58.1 Å². The van der Waals surface area contributed by atoms with Crippen LogP contribution in [0.5, 0.6) is 5.75 Å². The van der Waals surface area contributed by atoms with Gasteiger partial charge in [-0.15, -0.1) is 0 Å². The maximum atomic E-state index is 12.6. The molecule has 0 spiro atoms. The summed E-state index contributed by atoms with van der Waals surface area (Å²) in [6.45, 7) is 10.5. The van der Waals surface area contributed by atoms with Gasteiger partial charge in [-0.3, -0.25) is 9.59 Å². The molecule has 0 aliphatic heterocycles. The zero-order valence-corrected chi connectivity index (χ0v) is 21.2. The van der Waals surface area contributed by atoms with E-state index >= 15 is 0 Å². The molecule has 0 aliphatic rings. The minimum absolute atomic E-state index is 0.0310. The number of hydrogen-bond acceptors (Lipinski definition) is 8. The summed E-state index contributed by atoms with van der Waals surface area (Å²) in [4.78, 5) is 25.0. The van der Waals surface area contributed by atoms with Gasteiger partial charge < -0.3 is 19.4 Å². The molecule has 0 heterocycles. The van der Waals surface area contributed by atoms with Crippen molar-refractivity contribution in [3.63, 3.8) is 0 Å². The molecule has 0 radical (unpaired) electrons. The molecule has 0 aliphatic carbocycles. The van der Waals surface area contributed by atoms with Gasteiger partial charge in [0.2, 0.25) is 0 Å². The molecule has 2 aromatic rings. The lowest BCUT2D eigenvalue weighted by molar-refractivity contribution is -0.157. The number of carbonyl (C=O) groups is 2. The molecule has 0 amide bonds. The quantitative estimate of drug-likeness (QED) is 0.414. The Labute approximate surface area is 201 Å². The first kappa shape index (κ1) is 27.3. The molecule has 34 heavy (non-hydrogen) atoms. The van der Waals surface area contributed by atoms with Gasteiger partial charge in [-0.05, 0) is 71.4 Å². The Morgan fingerprint density at radius 3 is 2.03 bits per heavy atom. The number of carbonyl (C=O) groups excluding carboxylic acids is 2. The van der Waals surface area contributed by atoms with Gasteiger partial charge in [0.1, 0.15) is 22.3 Å². The van der Waals surface area contributed by atoms with Gasteiger partial charge in [-0.2, -0.15) is 8.42 Å². The van der Waals surface area contributed by atoms with Gasteiger partial charge in [-0.25, -0.2) is 0 Å². The smallest absolute Gasteiger partial charge is 0.339 e. The van der Waals surface area contributed by atoms with Crippen LogP contribution in [-0.2, 0) is 29.2 Å². The molecule has 2 N–H and O–H groups in total. The van der Waals surface area contributed by atoms with Gasteiger partial charge in [0.15, 0.2) is 0 Å². The van der Waals surface area contributed by atoms with Gasteiger partial charge >= 0.3 is 22.1 Å². The Kier molecular flexibility index (Phi) is 8.85. The van der Waals surface area contributed by atoms with Crippen LogP contribution in [0.3, 0.4) is 0 Å². The van der Waals surface area contributed by atoms with E-state index in [9.17, 15) is 18.0 Å². The monoisotopic (exact) mass is 491 g/mol. The van der Waals surface area contributed by atoms with Crippen molar-refractivity contribution in [3.8, 4) is 5.75 Å². The SMILES string of the molecule is Cc1ccc(S(=O)(=O)Oc2ccc(C(CC(=O)OC(C)C)C(N)C(=O)OC(C)(C)C)cc2)cc1. The van der Waals surface area contributed by atoms with Crippen molar-refractivity contribution in [3.05, 3.63) is 59.7 Å². The molecule has 2 rings (SSSR count). The first-order valence-electron chi connectivity index (χ1n) is 11.0. The maximum Gasteiger partial charge on any atom is 0.339 e. The van der Waals surface area contributed by atoms with E-state index in [1.54, 1.807) is 58.9 Å². The molecule has 0 bridgehead atoms. The third-order valence-electron chi connectivity index (χ3n) is 4.69. The Hall–Kier alpha value is -2.91. The van der Waals surface area contributed by atoms with Crippen LogP contribution in [0.4, 0.5) is 0 Å². The number of rotatable bonds is 9. The van der Waals surface area contributed by atoms with E-state index in [2.05, 4.69) is 0 Å². The maximum absolute atomic E-state index is 12.6. The third kappa shape index (κ3) is 8.14. The van der Waals surface area contributed by atoms with E-state index in [1.807, 2.05) is 6.92 Å². The third-order valence-corrected chi connectivity index (χ3v) is 5.95.